The monoisotopic (exact) mass is 486 g/mol. The van der Waals surface area contributed by atoms with Gasteiger partial charge in [-0.3, -0.25) is 4.98 Å². The summed E-state index contributed by atoms with van der Waals surface area (Å²) in [6.07, 6.45) is 2.07. The number of aliphatic hydroxyl groups is 1. The van der Waals surface area contributed by atoms with Gasteiger partial charge >= 0.3 is 0 Å². The molecule has 8 heteroatoms. The summed E-state index contributed by atoms with van der Waals surface area (Å²) in [5.74, 6) is -0.254. The van der Waals surface area contributed by atoms with Crippen molar-refractivity contribution in [2.75, 3.05) is 13.1 Å². The highest BCUT2D eigenvalue weighted by Gasteiger charge is 2.59. The van der Waals surface area contributed by atoms with Crippen molar-refractivity contribution in [2.45, 2.75) is 38.3 Å². The molecule has 0 bridgehead atoms. The Morgan fingerprint density at radius 2 is 1.85 bits per heavy atom. The van der Waals surface area contributed by atoms with Gasteiger partial charge in [-0.05, 0) is 62.5 Å². The van der Waals surface area contributed by atoms with Crippen LogP contribution in [0.5, 0.6) is 0 Å². The lowest BCUT2D eigenvalue weighted by Gasteiger charge is -2.47. The number of aromatic nitrogens is 2. The van der Waals surface area contributed by atoms with Crippen molar-refractivity contribution in [3.8, 4) is 11.3 Å². The van der Waals surface area contributed by atoms with Crippen LogP contribution in [0.4, 0.5) is 4.39 Å². The van der Waals surface area contributed by atoms with E-state index in [1.165, 1.54) is 6.07 Å². The van der Waals surface area contributed by atoms with Crippen LogP contribution < -0.4 is 11.1 Å². The zero-order valence-corrected chi connectivity index (χ0v) is 19.8. The Hall–Kier alpha value is -2.09. The zero-order chi connectivity index (χ0) is 23.4. The average Bonchev–Trinajstić information content (AvgIpc) is 3.06. The van der Waals surface area contributed by atoms with E-state index < -0.39 is 11.0 Å². The van der Waals surface area contributed by atoms with Crippen LogP contribution in [0.1, 0.15) is 41.1 Å². The summed E-state index contributed by atoms with van der Waals surface area (Å²) >= 11 is 12.7. The van der Waals surface area contributed by atoms with E-state index in [9.17, 15) is 9.50 Å². The summed E-state index contributed by atoms with van der Waals surface area (Å²) in [4.78, 5) is 9.71. The van der Waals surface area contributed by atoms with Crippen LogP contribution in [0.25, 0.3) is 11.3 Å². The summed E-state index contributed by atoms with van der Waals surface area (Å²) in [5.41, 5.74) is 9.80. The molecule has 2 aliphatic rings. The number of halogens is 3. The van der Waals surface area contributed by atoms with Gasteiger partial charge in [-0.15, -0.1) is 0 Å². The molecular weight excluding hydrogens is 462 g/mol. The highest BCUT2D eigenvalue weighted by Crippen LogP contribution is 2.57. The van der Waals surface area contributed by atoms with Crippen molar-refractivity contribution in [3.63, 3.8) is 0 Å². The molecule has 172 valence electrons. The Morgan fingerprint density at radius 3 is 2.58 bits per heavy atom. The van der Waals surface area contributed by atoms with Crippen molar-refractivity contribution < 1.29 is 9.50 Å². The number of rotatable bonds is 3. The molecule has 5 nitrogen and oxygen atoms in total. The van der Waals surface area contributed by atoms with Crippen LogP contribution in [0.15, 0.2) is 36.4 Å². The van der Waals surface area contributed by atoms with Crippen molar-refractivity contribution in [2.24, 2.45) is 11.1 Å². The third-order valence-corrected chi connectivity index (χ3v) is 8.15. The molecule has 1 saturated heterocycles. The number of aliphatic hydroxyl groups excluding tert-OH is 1. The SMILES string of the molecule is Cc1nc(C2(N)c3cccc(F)c3CC23CCNCC3)c(CO)nc1-c1cccc(Cl)c1Cl. The number of nitrogens with one attached hydrogen (secondary N) is 1. The van der Waals surface area contributed by atoms with Crippen LogP contribution in [-0.4, -0.2) is 28.2 Å². The van der Waals surface area contributed by atoms with Crippen molar-refractivity contribution >= 4 is 23.2 Å². The first-order valence-corrected chi connectivity index (χ1v) is 11.8. The normalized spacial score (nSPS) is 21.4. The molecule has 0 amide bonds. The second kappa shape index (κ2) is 8.29. The van der Waals surface area contributed by atoms with Gasteiger partial charge in [0.1, 0.15) is 5.82 Å². The molecule has 1 fully saturated rings. The largest absolute Gasteiger partial charge is 0.390 e. The molecule has 5 rings (SSSR count). The molecule has 1 spiro atoms. The molecule has 33 heavy (non-hydrogen) atoms. The molecule has 0 radical (unpaired) electrons. The molecule has 4 N–H and O–H groups in total. The lowest BCUT2D eigenvalue weighted by atomic mass is 9.63. The number of nitrogens with two attached hydrogens (primary N) is 1. The third kappa shape index (κ3) is 3.31. The van der Waals surface area contributed by atoms with Crippen LogP contribution in [0.2, 0.25) is 10.0 Å². The van der Waals surface area contributed by atoms with Crippen LogP contribution >= 0.6 is 23.2 Å². The molecular formula is C25H25Cl2FN4O. The van der Waals surface area contributed by atoms with E-state index in [1.807, 2.05) is 19.1 Å². The van der Waals surface area contributed by atoms with Gasteiger partial charge in [0, 0.05) is 11.0 Å². The van der Waals surface area contributed by atoms with Gasteiger partial charge in [-0.2, -0.15) is 0 Å². The number of fused-ring (bicyclic) bond motifs is 1. The Bertz CT molecular complexity index is 1250. The predicted molar refractivity (Wildman–Crippen MR) is 128 cm³/mol. The molecule has 2 aromatic carbocycles. The third-order valence-electron chi connectivity index (χ3n) is 7.33. The van der Waals surface area contributed by atoms with Gasteiger partial charge in [0.25, 0.3) is 0 Å². The number of hydrogen-bond donors (Lipinski definition) is 3. The van der Waals surface area contributed by atoms with Gasteiger partial charge in [0.15, 0.2) is 0 Å². The van der Waals surface area contributed by atoms with Gasteiger partial charge < -0.3 is 16.2 Å². The first kappa shape index (κ1) is 22.7. The van der Waals surface area contributed by atoms with Crippen LogP contribution in [-0.2, 0) is 18.6 Å². The number of nitrogens with zero attached hydrogens (tertiary/aromatic N) is 2. The maximum atomic E-state index is 14.9. The average molecular weight is 487 g/mol. The Morgan fingerprint density at radius 1 is 1.12 bits per heavy atom. The van der Waals surface area contributed by atoms with E-state index in [1.54, 1.807) is 18.2 Å². The topological polar surface area (TPSA) is 84.1 Å². The fourth-order valence-electron chi connectivity index (χ4n) is 5.65. The van der Waals surface area contributed by atoms with E-state index in [2.05, 4.69) is 5.32 Å². The first-order chi connectivity index (χ1) is 15.8. The Balaban J connectivity index is 1.76. The van der Waals surface area contributed by atoms with E-state index >= 15 is 0 Å². The fraction of sp³-hybridized carbons (Fsp3) is 0.360. The van der Waals surface area contributed by atoms with E-state index in [0.29, 0.717) is 50.4 Å². The number of hydrogen-bond acceptors (Lipinski definition) is 5. The van der Waals surface area contributed by atoms with Gasteiger partial charge in [-0.1, -0.05) is 47.5 Å². The minimum absolute atomic E-state index is 0.254. The minimum Gasteiger partial charge on any atom is -0.390 e. The molecule has 1 unspecified atom stereocenters. The van der Waals surface area contributed by atoms with Gasteiger partial charge in [0.05, 0.1) is 45.0 Å². The van der Waals surface area contributed by atoms with Crippen molar-refractivity contribution in [1.82, 2.24) is 15.3 Å². The number of benzene rings is 2. The molecule has 3 aromatic rings. The summed E-state index contributed by atoms with van der Waals surface area (Å²) < 4.78 is 14.9. The number of aryl methyl sites for hydroxylation is 1. The molecule has 1 atom stereocenters. The molecule has 0 saturated carbocycles. The van der Waals surface area contributed by atoms with E-state index in [4.69, 9.17) is 38.9 Å². The minimum atomic E-state index is -1.08. The molecule has 1 aliphatic heterocycles. The first-order valence-electron chi connectivity index (χ1n) is 11.0. The lowest BCUT2D eigenvalue weighted by molar-refractivity contribution is 0.114. The zero-order valence-electron chi connectivity index (χ0n) is 18.3. The summed E-state index contributed by atoms with van der Waals surface area (Å²) in [6.45, 7) is 3.05. The Labute approximate surface area is 202 Å². The Kier molecular flexibility index (Phi) is 5.70. The second-order valence-electron chi connectivity index (χ2n) is 8.99. The van der Waals surface area contributed by atoms with Crippen molar-refractivity contribution in [3.05, 3.63) is 80.5 Å². The second-order valence-corrected chi connectivity index (χ2v) is 9.78. The highest BCUT2D eigenvalue weighted by molar-refractivity contribution is 6.43. The fourth-order valence-corrected chi connectivity index (χ4v) is 6.04. The molecule has 2 heterocycles. The summed E-state index contributed by atoms with van der Waals surface area (Å²) in [7, 11) is 0. The van der Waals surface area contributed by atoms with Crippen LogP contribution in [0.3, 0.4) is 0 Å². The van der Waals surface area contributed by atoms with E-state index in [-0.39, 0.29) is 12.4 Å². The molecule has 1 aromatic heterocycles. The molecule has 1 aliphatic carbocycles. The standard InChI is InChI=1S/C25H25Cl2FN4O/c1-14-22(15-4-2-6-18(26)21(15)27)32-20(13-33)23(31-14)25(29)17-5-3-7-19(28)16(17)12-24(25)8-10-30-11-9-24/h2-7,30,33H,8-13,29H2,1H3. The van der Waals surface area contributed by atoms with Crippen molar-refractivity contribution in [1.29, 1.82) is 0 Å². The van der Waals surface area contributed by atoms with Crippen LogP contribution in [0, 0.1) is 18.2 Å². The van der Waals surface area contributed by atoms with E-state index in [0.717, 1.165) is 31.5 Å². The van der Waals surface area contributed by atoms with Gasteiger partial charge in [-0.25, -0.2) is 9.37 Å². The number of piperidine rings is 1. The quantitative estimate of drug-likeness (QED) is 0.506. The highest BCUT2D eigenvalue weighted by atomic mass is 35.5. The summed E-state index contributed by atoms with van der Waals surface area (Å²) in [5, 5.41) is 14.5. The predicted octanol–water partition coefficient (Wildman–Crippen LogP) is 4.52. The maximum Gasteiger partial charge on any atom is 0.126 e. The smallest absolute Gasteiger partial charge is 0.126 e. The lowest BCUT2D eigenvalue weighted by Crippen LogP contribution is -2.56. The van der Waals surface area contributed by atoms with Gasteiger partial charge in [0.2, 0.25) is 0 Å². The maximum absolute atomic E-state index is 14.9. The summed E-state index contributed by atoms with van der Waals surface area (Å²) in [6, 6.07) is 10.4.